The normalized spacial score (nSPS) is 14.2. The molecule has 0 saturated heterocycles. The van der Waals surface area contributed by atoms with Gasteiger partial charge in [0.1, 0.15) is 0 Å². The van der Waals surface area contributed by atoms with E-state index in [-0.39, 0.29) is 0 Å². The molecular formula is C13H7Cl4NOS. The van der Waals surface area contributed by atoms with Crippen LogP contribution in [0.2, 0.25) is 20.1 Å². The third-order valence-corrected chi connectivity index (χ3v) is 6.02. The Labute approximate surface area is 139 Å². The molecule has 7 heteroatoms. The molecule has 0 amide bonds. The second kappa shape index (κ2) is 5.16. The molecule has 0 N–H and O–H groups in total. The summed E-state index contributed by atoms with van der Waals surface area (Å²) < 4.78 is 12.7. The summed E-state index contributed by atoms with van der Waals surface area (Å²) in [7, 11) is 1.85. The standard InChI is InChI=1S/C13H7Cl4NOS/c1-18-10-2-6(14)8(16)4-12(10)20(19)13-5-9(17)7(15)3-11(13)18/h2-5H,1H3. The van der Waals surface area contributed by atoms with Crippen LogP contribution in [0, 0.1) is 0 Å². The zero-order valence-corrected chi connectivity index (χ0v) is 13.9. The Morgan fingerprint density at radius 3 is 1.55 bits per heavy atom. The highest BCUT2D eigenvalue weighted by atomic mass is 35.5. The molecule has 2 aromatic rings. The fourth-order valence-corrected chi connectivity index (χ4v) is 4.34. The van der Waals surface area contributed by atoms with Gasteiger partial charge in [-0.2, -0.15) is 0 Å². The molecule has 0 fully saturated rings. The van der Waals surface area contributed by atoms with E-state index in [1.165, 1.54) is 0 Å². The van der Waals surface area contributed by atoms with Crippen molar-refractivity contribution >= 4 is 69.0 Å². The van der Waals surface area contributed by atoms with Crippen LogP contribution in [-0.2, 0) is 11.2 Å². The first-order valence-electron chi connectivity index (χ1n) is 5.53. The predicted molar refractivity (Wildman–Crippen MR) is 85.7 cm³/mol. The third-order valence-electron chi connectivity index (χ3n) is 3.13. The van der Waals surface area contributed by atoms with Gasteiger partial charge in [-0.05, 0) is 12.1 Å². The van der Waals surface area contributed by atoms with E-state index in [1.807, 2.05) is 11.9 Å². The van der Waals surface area contributed by atoms with Crippen molar-refractivity contribution in [2.45, 2.75) is 9.79 Å². The molecule has 1 aliphatic rings. The Kier molecular flexibility index (Phi) is 3.78. The van der Waals surface area contributed by atoms with Gasteiger partial charge in [0.25, 0.3) is 0 Å². The molecule has 0 atom stereocenters. The van der Waals surface area contributed by atoms with Gasteiger partial charge in [-0.3, -0.25) is 0 Å². The number of anilines is 2. The zero-order valence-electron chi connectivity index (χ0n) is 10.1. The molecule has 0 radical (unpaired) electrons. The highest BCUT2D eigenvalue weighted by Crippen LogP contribution is 2.47. The number of hydrogen-bond acceptors (Lipinski definition) is 2. The fraction of sp³-hybridized carbons (Fsp3) is 0.0769. The lowest BCUT2D eigenvalue weighted by molar-refractivity contribution is 0.593. The maximum atomic E-state index is 12.7. The van der Waals surface area contributed by atoms with Crippen molar-refractivity contribution in [2.24, 2.45) is 0 Å². The first kappa shape index (κ1) is 14.6. The van der Waals surface area contributed by atoms with Gasteiger partial charge in [-0.25, -0.2) is 0 Å². The molecule has 0 saturated carbocycles. The summed E-state index contributed by atoms with van der Waals surface area (Å²) in [5.74, 6) is 0. The maximum Gasteiger partial charge on any atom is 0.183 e. The van der Waals surface area contributed by atoms with Crippen molar-refractivity contribution in [1.82, 2.24) is 0 Å². The van der Waals surface area contributed by atoms with Gasteiger partial charge in [0.15, 0.2) is 9.79 Å². The Morgan fingerprint density at radius 1 is 0.800 bits per heavy atom. The number of halogens is 4. The van der Waals surface area contributed by atoms with Crippen molar-refractivity contribution in [1.29, 1.82) is 0 Å². The number of nitrogens with zero attached hydrogens (tertiary/aromatic N) is 1. The molecule has 0 aromatic heterocycles. The Balaban J connectivity index is 2.27. The Hall–Kier alpha value is -0.290. The van der Waals surface area contributed by atoms with Gasteiger partial charge < -0.3 is 9.45 Å². The van der Waals surface area contributed by atoms with E-state index in [9.17, 15) is 4.55 Å². The maximum absolute atomic E-state index is 12.7. The van der Waals surface area contributed by atoms with Crippen LogP contribution in [0.1, 0.15) is 0 Å². The van der Waals surface area contributed by atoms with Crippen molar-refractivity contribution in [3.8, 4) is 0 Å². The summed E-state index contributed by atoms with van der Waals surface area (Å²) in [6.07, 6.45) is 0. The predicted octanol–water partition coefficient (Wildman–Crippen LogP) is 5.55. The number of benzene rings is 2. The quantitative estimate of drug-likeness (QED) is 0.571. The minimum Gasteiger partial charge on any atom is -0.606 e. The lowest BCUT2D eigenvalue weighted by Gasteiger charge is -2.30. The number of hydrogen-bond donors (Lipinski definition) is 0. The minimum absolute atomic E-state index is 0.371. The van der Waals surface area contributed by atoms with Crippen molar-refractivity contribution in [3.05, 3.63) is 44.4 Å². The third kappa shape index (κ3) is 2.17. The van der Waals surface area contributed by atoms with Crippen LogP contribution in [0.5, 0.6) is 0 Å². The van der Waals surface area contributed by atoms with Crippen LogP contribution in [-0.4, -0.2) is 11.6 Å². The van der Waals surface area contributed by atoms with Crippen LogP contribution >= 0.6 is 46.4 Å². The van der Waals surface area contributed by atoms with Crippen LogP contribution < -0.4 is 4.90 Å². The monoisotopic (exact) mass is 365 g/mol. The lowest BCUT2D eigenvalue weighted by Crippen LogP contribution is -2.22. The highest BCUT2D eigenvalue weighted by Gasteiger charge is 2.34. The van der Waals surface area contributed by atoms with Crippen LogP contribution in [0.15, 0.2) is 34.1 Å². The van der Waals surface area contributed by atoms with Crippen molar-refractivity contribution < 1.29 is 4.55 Å². The Morgan fingerprint density at radius 2 is 1.15 bits per heavy atom. The fourth-order valence-electron chi connectivity index (χ4n) is 2.11. The average Bonchev–Trinajstić information content (AvgIpc) is 2.41. The molecule has 0 spiro atoms. The van der Waals surface area contributed by atoms with E-state index in [4.69, 9.17) is 46.4 Å². The number of rotatable bonds is 0. The topological polar surface area (TPSA) is 26.3 Å². The van der Waals surface area contributed by atoms with Gasteiger partial charge >= 0.3 is 0 Å². The molecule has 3 rings (SSSR count). The molecule has 104 valence electrons. The van der Waals surface area contributed by atoms with E-state index in [0.29, 0.717) is 29.9 Å². The molecule has 2 aromatic carbocycles. The van der Waals surface area contributed by atoms with E-state index >= 15 is 0 Å². The summed E-state index contributed by atoms with van der Waals surface area (Å²) in [5.41, 5.74) is 1.48. The zero-order chi connectivity index (χ0) is 14.6. The first-order valence-corrected chi connectivity index (χ1v) is 8.20. The van der Waals surface area contributed by atoms with Crippen LogP contribution in [0.25, 0.3) is 0 Å². The highest BCUT2D eigenvalue weighted by molar-refractivity contribution is 7.92. The largest absolute Gasteiger partial charge is 0.606 e. The SMILES string of the molecule is CN1c2cc(Cl)c(Cl)cc2[S+]([O-])c2cc(Cl)c(Cl)cc21. The Bertz CT molecular complexity index is 603. The van der Waals surface area contributed by atoms with E-state index in [2.05, 4.69) is 0 Å². The van der Waals surface area contributed by atoms with E-state index in [1.54, 1.807) is 24.3 Å². The summed E-state index contributed by atoms with van der Waals surface area (Å²) >= 11 is 22.7. The van der Waals surface area contributed by atoms with Crippen LogP contribution in [0.4, 0.5) is 11.4 Å². The van der Waals surface area contributed by atoms with Crippen LogP contribution in [0.3, 0.4) is 0 Å². The summed E-state index contributed by atoms with van der Waals surface area (Å²) in [6.45, 7) is 0. The van der Waals surface area contributed by atoms with Crippen molar-refractivity contribution in [2.75, 3.05) is 11.9 Å². The summed E-state index contributed by atoms with van der Waals surface area (Å²) in [5, 5.41) is 1.57. The van der Waals surface area contributed by atoms with Gasteiger partial charge in [0.2, 0.25) is 0 Å². The average molecular weight is 367 g/mol. The first-order chi connectivity index (χ1) is 9.40. The van der Waals surface area contributed by atoms with Gasteiger partial charge in [-0.15, -0.1) is 0 Å². The summed E-state index contributed by atoms with van der Waals surface area (Å²) in [6, 6.07) is 6.64. The number of fused-ring (bicyclic) bond motifs is 2. The van der Waals surface area contributed by atoms with E-state index < -0.39 is 11.2 Å². The molecule has 0 aliphatic carbocycles. The second-order valence-corrected chi connectivity index (χ2v) is 7.34. The van der Waals surface area contributed by atoms with E-state index in [0.717, 1.165) is 11.4 Å². The van der Waals surface area contributed by atoms with Gasteiger partial charge in [0.05, 0.1) is 31.5 Å². The summed E-state index contributed by atoms with van der Waals surface area (Å²) in [4.78, 5) is 3.08. The molecule has 2 nitrogen and oxygen atoms in total. The van der Waals surface area contributed by atoms with Gasteiger partial charge in [0, 0.05) is 30.4 Å². The molecule has 20 heavy (non-hydrogen) atoms. The molecule has 1 heterocycles. The van der Waals surface area contributed by atoms with Crippen molar-refractivity contribution in [3.63, 3.8) is 0 Å². The van der Waals surface area contributed by atoms with Gasteiger partial charge in [-0.1, -0.05) is 46.4 Å². The molecule has 0 bridgehead atoms. The molecule has 1 aliphatic heterocycles. The molecular weight excluding hydrogens is 360 g/mol. The molecule has 0 unspecified atom stereocenters. The minimum atomic E-state index is -1.38. The second-order valence-electron chi connectivity index (χ2n) is 4.30. The smallest absolute Gasteiger partial charge is 0.183 e. The lowest BCUT2D eigenvalue weighted by atomic mass is 10.2.